The van der Waals surface area contributed by atoms with Crippen molar-refractivity contribution < 1.29 is 4.79 Å². The number of carbonyl (C=O) groups is 1. The lowest BCUT2D eigenvalue weighted by Crippen LogP contribution is -2.04. The van der Waals surface area contributed by atoms with E-state index in [1.807, 2.05) is 0 Å². The van der Waals surface area contributed by atoms with Crippen LogP contribution >= 0.6 is 23.1 Å². The average Bonchev–Trinajstić information content (AvgIpc) is 2.77. The van der Waals surface area contributed by atoms with Crippen LogP contribution in [0.25, 0.3) is 0 Å². The molecule has 0 saturated carbocycles. The van der Waals surface area contributed by atoms with Crippen LogP contribution in [0.4, 0.5) is 5.13 Å². The Morgan fingerprint density at radius 3 is 2.89 bits per heavy atom. The first-order valence-corrected chi connectivity index (χ1v) is 7.65. The van der Waals surface area contributed by atoms with E-state index in [9.17, 15) is 4.79 Å². The van der Waals surface area contributed by atoms with Crippen molar-refractivity contribution in [2.45, 2.75) is 30.9 Å². The summed E-state index contributed by atoms with van der Waals surface area (Å²) in [5, 5.41) is 11.2. The summed E-state index contributed by atoms with van der Waals surface area (Å²) in [5.74, 6) is 0.740. The van der Waals surface area contributed by atoms with Crippen LogP contribution in [0, 0.1) is 13.8 Å². The number of nitrogens with zero attached hydrogens (tertiary/aromatic N) is 2. The fraction of sp³-hybridized carbons (Fsp3) is 0.308. The van der Waals surface area contributed by atoms with Gasteiger partial charge in [0, 0.05) is 12.7 Å². The van der Waals surface area contributed by atoms with Gasteiger partial charge in [-0.2, -0.15) is 0 Å². The second-order valence-corrected chi connectivity index (χ2v) is 6.47. The molecular formula is C13H15N3OS2. The average molecular weight is 293 g/mol. The molecular weight excluding hydrogens is 278 g/mol. The zero-order valence-corrected chi connectivity index (χ0v) is 12.7. The van der Waals surface area contributed by atoms with Crippen molar-refractivity contribution in [2.24, 2.45) is 0 Å². The highest BCUT2D eigenvalue weighted by atomic mass is 32.2. The highest BCUT2D eigenvalue weighted by Gasteiger charge is 2.07. The number of amides is 1. The van der Waals surface area contributed by atoms with E-state index in [-0.39, 0.29) is 5.91 Å². The van der Waals surface area contributed by atoms with E-state index in [4.69, 9.17) is 0 Å². The molecule has 0 atom stereocenters. The predicted molar refractivity (Wildman–Crippen MR) is 79.7 cm³/mol. The van der Waals surface area contributed by atoms with E-state index in [0.717, 1.165) is 10.1 Å². The SMILES string of the molecule is CC(=O)Nc1nnc(SCc2cc(C)ccc2C)s1. The predicted octanol–water partition coefficient (Wildman–Crippen LogP) is 3.41. The molecule has 0 spiro atoms. The van der Waals surface area contributed by atoms with Crippen LogP contribution in [-0.2, 0) is 10.5 Å². The number of anilines is 1. The molecule has 4 nitrogen and oxygen atoms in total. The van der Waals surface area contributed by atoms with Gasteiger partial charge in [0.15, 0.2) is 4.34 Å². The van der Waals surface area contributed by atoms with Crippen LogP contribution < -0.4 is 5.32 Å². The van der Waals surface area contributed by atoms with Crippen molar-refractivity contribution in [3.8, 4) is 0 Å². The van der Waals surface area contributed by atoms with Gasteiger partial charge in [-0.05, 0) is 25.0 Å². The molecule has 2 aromatic rings. The summed E-state index contributed by atoms with van der Waals surface area (Å²) in [4.78, 5) is 10.9. The molecule has 6 heteroatoms. The molecule has 0 fully saturated rings. The first-order valence-electron chi connectivity index (χ1n) is 5.84. The molecule has 0 aliphatic rings. The number of rotatable bonds is 4. The molecule has 1 amide bonds. The lowest BCUT2D eigenvalue weighted by molar-refractivity contribution is -0.114. The Hall–Kier alpha value is -1.40. The van der Waals surface area contributed by atoms with E-state index in [1.54, 1.807) is 11.8 Å². The summed E-state index contributed by atoms with van der Waals surface area (Å²) in [6.45, 7) is 5.66. The number of hydrogen-bond acceptors (Lipinski definition) is 5. The number of nitrogens with one attached hydrogen (secondary N) is 1. The van der Waals surface area contributed by atoms with Crippen molar-refractivity contribution in [3.63, 3.8) is 0 Å². The van der Waals surface area contributed by atoms with Crippen LogP contribution in [0.15, 0.2) is 22.5 Å². The van der Waals surface area contributed by atoms with E-state index in [0.29, 0.717) is 5.13 Å². The Bertz CT molecular complexity index is 595. The molecule has 0 aliphatic carbocycles. The fourth-order valence-corrected chi connectivity index (χ4v) is 3.43. The molecule has 1 aromatic heterocycles. The molecule has 1 N–H and O–H groups in total. The van der Waals surface area contributed by atoms with Gasteiger partial charge in [0.2, 0.25) is 11.0 Å². The van der Waals surface area contributed by atoms with Gasteiger partial charge in [-0.3, -0.25) is 4.79 Å². The van der Waals surface area contributed by atoms with Crippen LogP contribution in [0.2, 0.25) is 0 Å². The normalized spacial score (nSPS) is 10.5. The number of carbonyl (C=O) groups excluding carboxylic acids is 1. The molecule has 0 radical (unpaired) electrons. The maximum Gasteiger partial charge on any atom is 0.223 e. The summed E-state index contributed by atoms with van der Waals surface area (Å²) in [6.07, 6.45) is 0. The number of aryl methyl sites for hydroxylation is 2. The third-order valence-electron chi connectivity index (χ3n) is 2.55. The second kappa shape index (κ2) is 6.16. The van der Waals surface area contributed by atoms with Crippen LogP contribution in [0.1, 0.15) is 23.6 Å². The summed E-state index contributed by atoms with van der Waals surface area (Å²) in [5.41, 5.74) is 3.85. The molecule has 0 aliphatic heterocycles. The minimum Gasteiger partial charge on any atom is -0.301 e. The third kappa shape index (κ3) is 4.04. The number of hydrogen-bond donors (Lipinski definition) is 1. The molecule has 0 unspecified atom stereocenters. The zero-order chi connectivity index (χ0) is 13.8. The van der Waals surface area contributed by atoms with E-state index >= 15 is 0 Å². The van der Waals surface area contributed by atoms with Gasteiger partial charge in [0.1, 0.15) is 0 Å². The largest absolute Gasteiger partial charge is 0.301 e. The van der Waals surface area contributed by atoms with E-state index < -0.39 is 0 Å². The van der Waals surface area contributed by atoms with Crippen LogP contribution in [0.3, 0.4) is 0 Å². The zero-order valence-electron chi connectivity index (χ0n) is 11.1. The minimum atomic E-state index is -0.123. The summed E-state index contributed by atoms with van der Waals surface area (Å²) >= 11 is 3.04. The maximum atomic E-state index is 10.9. The monoisotopic (exact) mass is 293 g/mol. The van der Waals surface area contributed by atoms with Gasteiger partial charge in [-0.25, -0.2) is 0 Å². The Morgan fingerprint density at radius 1 is 1.37 bits per heavy atom. The fourth-order valence-electron chi connectivity index (χ4n) is 1.56. The van der Waals surface area contributed by atoms with Crippen molar-refractivity contribution in [2.75, 3.05) is 5.32 Å². The molecule has 1 heterocycles. The molecule has 2 rings (SSSR count). The smallest absolute Gasteiger partial charge is 0.223 e. The van der Waals surface area contributed by atoms with Crippen LogP contribution in [-0.4, -0.2) is 16.1 Å². The first kappa shape index (κ1) is 14.0. The standard InChI is InChI=1S/C13H15N3OS2/c1-8-4-5-9(2)11(6-8)7-18-13-16-15-12(19-13)14-10(3)17/h4-6H,7H2,1-3H3,(H,14,15,17). The Kier molecular flexibility index (Phi) is 4.55. The second-order valence-electron chi connectivity index (χ2n) is 4.27. The quantitative estimate of drug-likeness (QED) is 0.693. The molecule has 0 bridgehead atoms. The summed E-state index contributed by atoms with van der Waals surface area (Å²) < 4.78 is 0.865. The molecule has 1 aromatic carbocycles. The van der Waals surface area contributed by atoms with Gasteiger partial charge in [-0.15, -0.1) is 10.2 Å². The Balaban J connectivity index is 2.00. The molecule has 0 saturated heterocycles. The Morgan fingerprint density at radius 2 is 2.16 bits per heavy atom. The first-order chi connectivity index (χ1) is 9.04. The highest BCUT2D eigenvalue weighted by molar-refractivity contribution is 8.00. The van der Waals surface area contributed by atoms with Gasteiger partial charge < -0.3 is 5.32 Å². The van der Waals surface area contributed by atoms with Gasteiger partial charge in [0.25, 0.3) is 0 Å². The van der Waals surface area contributed by atoms with Crippen molar-refractivity contribution in [1.82, 2.24) is 10.2 Å². The van der Waals surface area contributed by atoms with Gasteiger partial charge in [-0.1, -0.05) is 46.9 Å². The summed E-state index contributed by atoms with van der Waals surface area (Å²) in [7, 11) is 0. The minimum absolute atomic E-state index is 0.123. The Labute approximate surface area is 120 Å². The topological polar surface area (TPSA) is 54.9 Å². The van der Waals surface area contributed by atoms with E-state index in [1.165, 1.54) is 35.0 Å². The molecule has 100 valence electrons. The van der Waals surface area contributed by atoms with Crippen molar-refractivity contribution >= 4 is 34.1 Å². The number of aromatic nitrogens is 2. The number of thioether (sulfide) groups is 1. The number of benzene rings is 1. The lowest BCUT2D eigenvalue weighted by Gasteiger charge is -2.05. The van der Waals surface area contributed by atoms with Crippen LogP contribution in [0.5, 0.6) is 0 Å². The van der Waals surface area contributed by atoms with Gasteiger partial charge >= 0.3 is 0 Å². The maximum absolute atomic E-state index is 10.9. The lowest BCUT2D eigenvalue weighted by atomic mass is 10.1. The van der Waals surface area contributed by atoms with Crippen molar-refractivity contribution in [3.05, 3.63) is 34.9 Å². The van der Waals surface area contributed by atoms with E-state index in [2.05, 4.69) is 47.6 Å². The molecule has 19 heavy (non-hydrogen) atoms. The van der Waals surface area contributed by atoms with Gasteiger partial charge in [0.05, 0.1) is 0 Å². The van der Waals surface area contributed by atoms with Crippen molar-refractivity contribution in [1.29, 1.82) is 0 Å². The summed E-state index contributed by atoms with van der Waals surface area (Å²) in [6, 6.07) is 6.44. The third-order valence-corrected chi connectivity index (χ3v) is 4.57. The highest BCUT2D eigenvalue weighted by Crippen LogP contribution is 2.29.